The van der Waals surface area contributed by atoms with Gasteiger partial charge in [-0.1, -0.05) is 47.1 Å². The fourth-order valence-corrected chi connectivity index (χ4v) is 6.70. The van der Waals surface area contributed by atoms with E-state index in [1.165, 1.54) is 37.4 Å². The van der Waals surface area contributed by atoms with Gasteiger partial charge in [0.25, 0.3) is 17.4 Å². The molecular weight excluding hydrogens is 727 g/mol. The number of nitrogens with one attached hydrogen (secondary N) is 1. The summed E-state index contributed by atoms with van der Waals surface area (Å²) in [5.41, 5.74) is 3.14. The minimum absolute atomic E-state index is 0.0103. The van der Waals surface area contributed by atoms with Crippen molar-refractivity contribution in [3.63, 3.8) is 0 Å². The Morgan fingerprint density at radius 2 is 1.70 bits per heavy atom. The van der Waals surface area contributed by atoms with Gasteiger partial charge in [-0.2, -0.15) is 9.99 Å². The SMILES string of the molecule is COc1ccc(C(=O)NN2C(=O)C(=Cc3ccc(Oc4nc5c(c(=O)n(C)c(=O)n5C)n4Cc4ccc(Cl)cc4Cl)c(OC)c3)SC2=S)cc1. The molecule has 6 rings (SSSR count). The van der Waals surface area contributed by atoms with Crippen molar-refractivity contribution in [2.24, 2.45) is 14.1 Å². The fourth-order valence-electron chi connectivity index (χ4n) is 5.05. The number of amides is 2. The number of halogens is 2. The third-order valence-corrected chi connectivity index (χ3v) is 9.59. The number of imidazole rings is 1. The molecule has 0 saturated carbocycles. The molecule has 17 heteroatoms. The Labute approximate surface area is 303 Å². The molecule has 256 valence electrons. The third kappa shape index (κ3) is 6.59. The second kappa shape index (κ2) is 14.0. The summed E-state index contributed by atoms with van der Waals surface area (Å²) < 4.78 is 20.9. The van der Waals surface area contributed by atoms with Gasteiger partial charge in [-0.3, -0.25) is 33.5 Å². The Balaban J connectivity index is 1.30. The summed E-state index contributed by atoms with van der Waals surface area (Å²) >= 11 is 19.0. The van der Waals surface area contributed by atoms with Crippen LogP contribution in [-0.4, -0.2) is 54.0 Å². The Morgan fingerprint density at radius 3 is 2.38 bits per heavy atom. The smallest absolute Gasteiger partial charge is 0.332 e. The number of thioether (sulfide) groups is 1. The van der Waals surface area contributed by atoms with E-state index in [2.05, 4.69) is 10.4 Å². The zero-order valence-corrected chi connectivity index (χ0v) is 29.9. The van der Waals surface area contributed by atoms with E-state index in [0.717, 1.165) is 21.3 Å². The van der Waals surface area contributed by atoms with Gasteiger partial charge in [-0.25, -0.2) is 4.79 Å². The van der Waals surface area contributed by atoms with Crippen LogP contribution >= 0.6 is 47.2 Å². The second-order valence-corrected chi connectivity index (χ2v) is 13.3. The number of hydrogen-bond donors (Lipinski definition) is 1. The summed E-state index contributed by atoms with van der Waals surface area (Å²) in [6.07, 6.45) is 1.60. The van der Waals surface area contributed by atoms with E-state index in [4.69, 9.17) is 49.6 Å². The molecule has 0 bridgehead atoms. The average Bonchev–Trinajstić information content (AvgIpc) is 3.59. The Morgan fingerprint density at radius 1 is 0.960 bits per heavy atom. The van der Waals surface area contributed by atoms with Crippen molar-refractivity contribution >= 4 is 80.6 Å². The number of nitrogens with zero attached hydrogens (tertiary/aromatic N) is 5. The van der Waals surface area contributed by atoms with Gasteiger partial charge in [0.15, 0.2) is 27.0 Å². The summed E-state index contributed by atoms with van der Waals surface area (Å²) in [6, 6.07) is 16.3. The van der Waals surface area contributed by atoms with Crippen molar-refractivity contribution < 1.29 is 23.8 Å². The molecule has 0 aliphatic carbocycles. The molecule has 1 saturated heterocycles. The number of hydrazine groups is 1. The number of methoxy groups -OCH3 is 2. The number of fused-ring (bicyclic) bond motifs is 1. The molecule has 2 aromatic heterocycles. The molecule has 3 aromatic carbocycles. The molecule has 0 atom stereocenters. The van der Waals surface area contributed by atoms with Crippen LogP contribution in [0.1, 0.15) is 21.5 Å². The average molecular weight is 754 g/mol. The van der Waals surface area contributed by atoms with Gasteiger partial charge in [0.2, 0.25) is 0 Å². The Kier molecular flexibility index (Phi) is 9.75. The lowest BCUT2D eigenvalue weighted by molar-refractivity contribution is -0.123. The van der Waals surface area contributed by atoms with Gasteiger partial charge in [0.05, 0.1) is 25.7 Å². The molecule has 1 fully saturated rings. The van der Waals surface area contributed by atoms with Gasteiger partial charge in [-0.15, -0.1) is 0 Å². The first-order valence-corrected chi connectivity index (χ1v) is 16.6. The lowest BCUT2D eigenvalue weighted by Gasteiger charge is -2.15. The van der Waals surface area contributed by atoms with Crippen molar-refractivity contribution in [1.29, 1.82) is 0 Å². The van der Waals surface area contributed by atoms with E-state index >= 15 is 0 Å². The van der Waals surface area contributed by atoms with E-state index in [1.807, 2.05) is 0 Å². The first kappa shape index (κ1) is 34.8. The maximum Gasteiger partial charge on any atom is 0.332 e. The van der Waals surface area contributed by atoms with Gasteiger partial charge in [0.1, 0.15) is 5.75 Å². The van der Waals surface area contributed by atoms with Crippen LogP contribution in [0.25, 0.3) is 17.2 Å². The molecule has 5 aromatic rings. The number of thiocarbonyl (C=S) groups is 1. The van der Waals surface area contributed by atoms with Crippen LogP contribution < -0.4 is 30.9 Å². The summed E-state index contributed by atoms with van der Waals surface area (Å²) in [6.45, 7) is 0.0620. The summed E-state index contributed by atoms with van der Waals surface area (Å²) in [7, 11) is 5.84. The number of rotatable bonds is 9. The molecular formula is C33H26Cl2N6O7S2. The van der Waals surface area contributed by atoms with Crippen molar-refractivity contribution in [3.8, 4) is 23.3 Å². The van der Waals surface area contributed by atoms with Crippen LogP contribution in [0.2, 0.25) is 10.0 Å². The third-order valence-electron chi connectivity index (χ3n) is 7.70. The molecule has 0 unspecified atom stereocenters. The minimum atomic E-state index is -0.574. The van der Waals surface area contributed by atoms with Crippen molar-refractivity contribution in [2.75, 3.05) is 14.2 Å². The van der Waals surface area contributed by atoms with E-state index < -0.39 is 23.1 Å². The van der Waals surface area contributed by atoms with E-state index in [9.17, 15) is 19.2 Å². The van der Waals surface area contributed by atoms with E-state index in [-0.39, 0.29) is 44.4 Å². The van der Waals surface area contributed by atoms with Crippen LogP contribution in [0.3, 0.4) is 0 Å². The molecule has 50 heavy (non-hydrogen) atoms. The standard InChI is InChI=1S/C33H26Cl2N6O7S2/c1-38-27-26(30(44)39(2)32(38)45)40(16-19-6-9-20(34)15-22(19)35)31(36-27)48-23-12-5-17(13-24(23)47-4)14-25-29(43)41(33(49)50-25)37-28(42)18-7-10-21(46-3)11-8-18/h5-15H,16H2,1-4H3,(H,37,42). The minimum Gasteiger partial charge on any atom is -0.497 e. The molecule has 1 N–H and O–H groups in total. The maximum atomic E-state index is 13.4. The first-order valence-electron chi connectivity index (χ1n) is 14.6. The molecule has 13 nitrogen and oxygen atoms in total. The molecule has 0 spiro atoms. The van der Waals surface area contributed by atoms with Gasteiger partial charge in [-0.05, 0) is 78.0 Å². The number of aromatic nitrogens is 4. The fraction of sp³-hybridized carbons (Fsp3) is 0.152. The van der Waals surface area contributed by atoms with Crippen LogP contribution in [0.15, 0.2) is 75.2 Å². The van der Waals surface area contributed by atoms with Crippen molar-refractivity contribution in [1.82, 2.24) is 29.1 Å². The topological polar surface area (TPSA) is 139 Å². The summed E-state index contributed by atoms with van der Waals surface area (Å²) in [5, 5.41) is 1.82. The largest absolute Gasteiger partial charge is 0.497 e. The lowest BCUT2D eigenvalue weighted by Crippen LogP contribution is -2.44. The predicted octanol–water partition coefficient (Wildman–Crippen LogP) is 5.14. The van der Waals surface area contributed by atoms with Crippen molar-refractivity contribution in [3.05, 3.63) is 113 Å². The van der Waals surface area contributed by atoms with Crippen LogP contribution in [0, 0.1) is 0 Å². The maximum absolute atomic E-state index is 13.4. The second-order valence-electron chi connectivity index (χ2n) is 10.8. The van der Waals surface area contributed by atoms with Gasteiger partial charge < -0.3 is 14.2 Å². The molecule has 2 amide bonds. The highest BCUT2D eigenvalue weighted by atomic mass is 35.5. The normalized spacial score (nSPS) is 13.7. The zero-order chi connectivity index (χ0) is 35.9. The number of carbonyl (C=O) groups excluding carboxylic acids is 2. The Bertz CT molecular complexity index is 2370. The zero-order valence-electron chi connectivity index (χ0n) is 26.7. The van der Waals surface area contributed by atoms with Crippen LogP contribution in [0.4, 0.5) is 0 Å². The first-order chi connectivity index (χ1) is 23.9. The number of ether oxygens (including phenoxy) is 3. The van der Waals surface area contributed by atoms with E-state index in [1.54, 1.807) is 66.7 Å². The van der Waals surface area contributed by atoms with Crippen LogP contribution in [-0.2, 0) is 25.4 Å². The van der Waals surface area contributed by atoms with Gasteiger partial charge >= 0.3 is 11.7 Å². The number of carbonyl (C=O) groups is 2. The summed E-state index contributed by atoms with van der Waals surface area (Å²) in [4.78, 5) is 56.9. The van der Waals surface area contributed by atoms with Crippen molar-refractivity contribution in [2.45, 2.75) is 6.54 Å². The molecule has 1 aliphatic heterocycles. The predicted molar refractivity (Wildman–Crippen MR) is 194 cm³/mol. The number of benzene rings is 3. The lowest BCUT2D eigenvalue weighted by atomic mass is 10.2. The molecule has 1 aliphatic rings. The molecule has 3 heterocycles. The Hall–Kier alpha value is -5.09. The quantitative estimate of drug-likeness (QED) is 0.159. The number of hydrogen-bond acceptors (Lipinski definition) is 10. The van der Waals surface area contributed by atoms with Gasteiger partial charge in [0, 0.05) is 29.7 Å². The van der Waals surface area contributed by atoms with Crippen LogP contribution in [0.5, 0.6) is 23.3 Å². The monoisotopic (exact) mass is 752 g/mol. The summed E-state index contributed by atoms with van der Waals surface area (Å²) in [5.74, 6) is 0.0521. The highest BCUT2D eigenvalue weighted by Crippen LogP contribution is 2.37. The number of aryl methyl sites for hydroxylation is 1. The highest BCUT2D eigenvalue weighted by molar-refractivity contribution is 8.26. The van der Waals surface area contributed by atoms with E-state index in [0.29, 0.717) is 32.5 Å². The highest BCUT2D eigenvalue weighted by Gasteiger charge is 2.34. The molecule has 0 radical (unpaired) electrons.